The molecule has 0 unspecified atom stereocenters. The minimum atomic E-state index is 0.0565. The van der Waals surface area contributed by atoms with Crippen molar-refractivity contribution in [1.29, 1.82) is 0 Å². The highest BCUT2D eigenvalue weighted by Gasteiger charge is 2.24. The Balaban J connectivity index is 2.03. The van der Waals surface area contributed by atoms with Gasteiger partial charge in [0.1, 0.15) is 0 Å². The van der Waals surface area contributed by atoms with Gasteiger partial charge in [-0.1, -0.05) is 29.6 Å². The molecule has 1 aliphatic carbocycles. The van der Waals surface area contributed by atoms with Crippen LogP contribution in [-0.4, -0.2) is 30.3 Å². The fourth-order valence-electron chi connectivity index (χ4n) is 1.98. The third kappa shape index (κ3) is 3.01. The molecule has 1 aliphatic rings. The lowest BCUT2D eigenvalue weighted by Gasteiger charge is -2.34. The molecule has 0 bridgehead atoms. The highest BCUT2D eigenvalue weighted by Crippen LogP contribution is 2.25. The van der Waals surface area contributed by atoms with Crippen LogP contribution in [0.5, 0.6) is 0 Å². The van der Waals surface area contributed by atoms with Gasteiger partial charge in [-0.3, -0.25) is 9.69 Å². The summed E-state index contributed by atoms with van der Waals surface area (Å²) in [7, 11) is 1.99. The first-order valence-corrected chi connectivity index (χ1v) is 6.52. The lowest BCUT2D eigenvalue weighted by atomic mass is 9.91. The number of likely N-dealkylation sites (N-methyl/N-ethyl adjacent to an activating group) is 1. The number of carbonyl (C=O) groups is 1. The van der Waals surface area contributed by atoms with Gasteiger partial charge in [0.05, 0.1) is 11.6 Å². The van der Waals surface area contributed by atoms with Crippen molar-refractivity contribution < 1.29 is 4.79 Å². The maximum Gasteiger partial charge on any atom is 0.178 e. The molecule has 4 heteroatoms. The second kappa shape index (κ2) is 5.38. The van der Waals surface area contributed by atoms with Crippen LogP contribution in [0.2, 0.25) is 10.0 Å². The number of Topliss-reactive ketones (excluding diaryl/α,β-unsaturated/α-hetero) is 1. The molecule has 0 heterocycles. The predicted molar refractivity (Wildman–Crippen MR) is 71.1 cm³/mol. The molecule has 0 amide bonds. The van der Waals surface area contributed by atoms with Gasteiger partial charge in [-0.15, -0.1) is 0 Å². The summed E-state index contributed by atoms with van der Waals surface area (Å²) in [6, 6.07) is 5.57. The molecule has 1 fully saturated rings. The van der Waals surface area contributed by atoms with Gasteiger partial charge >= 0.3 is 0 Å². The molecule has 0 aliphatic heterocycles. The number of hydrogen-bond donors (Lipinski definition) is 0. The van der Waals surface area contributed by atoms with Crippen molar-refractivity contribution in [3.63, 3.8) is 0 Å². The summed E-state index contributed by atoms with van der Waals surface area (Å²) in [6.45, 7) is 0.423. The second-order valence-corrected chi connectivity index (χ2v) is 5.39. The van der Waals surface area contributed by atoms with E-state index < -0.39 is 0 Å². The lowest BCUT2D eigenvalue weighted by molar-refractivity contribution is 0.0870. The minimum absolute atomic E-state index is 0.0565. The highest BCUT2D eigenvalue weighted by molar-refractivity contribution is 6.36. The summed E-state index contributed by atoms with van der Waals surface area (Å²) in [5.41, 5.74) is 0.558. The van der Waals surface area contributed by atoms with E-state index in [0.717, 1.165) is 0 Å². The average Bonchev–Trinajstić information content (AvgIpc) is 2.13. The minimum Gasteiger partial charge on any atom is -0.296 e. The molecule has 17 heavy (non-hydrogen) atoms. The number of benzene rings is 1. The summed E-state index contributed by atoms with van der Waals surface area (Å²) in [5.74, 6) is 0.0565. The van der Waals surface area contributed by atoms with E-state index in [2.05, 4.69) is 4.90 Å². The maximum atomic E-state index is 12.1. The Hall–Kier alpha value is -0.570. The number of ketones is 1. The molecule has 1 saturated carbocycles. The van der Waals surface area contributed by atoms with E-state index >= 15 is 0 Å². The fraction of sp³-hybridized carbons (Fsp3) is 0.462. The van der Waals surface area contributed by atoms with E-state index in [1.807, 2.05) is 7.05 Å². The predicted octanol–water partition coefficient (Wildman–Crippen LogP) is 3.66. The molecule has 0 aromatic heterocycles. The first-order chi connectivity index (χ1) is 8.08. The molecule has 0 radical (unpaired) electrons. The van der Waals surface area contributed by atoms with Crippen LogP contribution in [0.1, 0.15) is 29.6 Å². The molecule has 2 rings (SSSR count). The Labute approximate surface area is 112 Å². The average molecular weight is 272 g/mol. The van der Waals surface area contributed by atoms with Gasteiger partial charge in [-0.05, 0) is 38.1 Å². The van der Waals surface area contributed by atoms with Gasteiger partial charge in [0.2, 0.25) is 0 Å². The fourth-order valence-corrected chi connectivity index (χ4v) is 2.50. The summed E-state index contributed by atoms with van der Waals surface area (Å²) in [6.07, 6.45) is 3.65. The monoisotopic (exact) mass is 271 g/mol. The number of rotatable bonds is 4. The second-order valence-electron chi connectivity index (χ2n) is 4.55. The van der Waals surface area contributed by atoms with Crippen molar-refractivity contribution in [3.8, 4) is 0 Å². The third-order valence-corrected chi connectivity index (χ3v) is 3.87. The van der Waals surface area contributed by atoms with Gasteiger partial charge < -0.3 is 0 Å². The Morgan fingerprint density at radius 2 is 2.12 bits per heavy atom. The van der Waals surface area contributed by atoms with E-state index in [-0.39, 0.29) is 5.78 Å². The standard InChI is InChI=1S/C13H15Cl2NO/c1-16(10-3-2-4-10)8-13(17)11-6-5-9(14)7-12(11)15/h5-7,10H,2-4,8H2,1H3. The molecule has 1 aromatic carbocycles. The molecule has 0 saturated heterocycles. The maximum absolute atomic E-state index is 12.1. The number of halogens is 2. The van der Waals surface area contributed by atoms with Gasteiger partial charge in [0.25, 0.3) is 0 Å². The van der Waals surface area contributed by atoms with Crippen molar-refractivity contribution in [2.75, 3.05) is 13.6 Å². The smallest absolute Gasteiger partial charge is 0.178 e. The van der Waals surface area contributed by atoms with Gasteiger partial charge in [0, 0.05) is 16.6 Å². The SMILES string of the molecule is CN(CC(=O)c1ccc(Cl)cc1Cl)C1CCC1. The summed E-state index contributed by atoms with van der Waals surface area (Å²) >= 11 is 11.8. The van der Waals surface area contributed by atoms with Crippen molar-refractivity contribution in [2.24, 2.45) is 0 Å². The summed E-state index contributed by atoms with van der Waals surface area (Å²) < 4.78 is 0. The highest BCUT2D eigenvalue weighted by atomic mass is 35.5. The molecule has 2 nitrogen and oxygen atoms in total. The molecule has 0 atom stereocenters. The number of carbonyl (C=O) groups excluding carboxylic acids is 1. The molecule has 0 spiro atoms. The molecule has 1 aromatic rings. The van der Waals surface area contributed by atoms with Crippen LogP contribution in [0.3, 0.4) is 0 Å². The summed E-state index contributed by atoms with van der Waals surface area (Å²) in [5, 5.41) is 0.989. The van der Waals surface area contributed by atoms with Crippen molar-refractivity contribution in [1.82, 2.24) is 4.90 Å². The normalized spacial score (nSPS) is 16.0. The topological polar surface area (TPSA) is 20.3 Å². The lowest BCUT2D eigenvalue weighted by Crippen LogP contribution is -2.40. The summed E-state index contributed by atoms with van der Waals surface area (Å²) in [4.78, 5) is 14.2. The van der Waals surface area contributed by atoms with Crippen LogP contribution in [0.15, 0.2) is 18.2 Å². The molecule has 92 valence electrons. The van der Waals surface area contributed by atoms with E-state index in [4.69, 9.17) is 23.2 Å². The van der Waals surface area contributed by atoms with Crippen LogP contribution in [-0.2, 0) is 0 Å². The Morgan fingerprint density at radius 3 is 2.65 bits per heavy atom. The van der Waals surface area contributed by atoms with Gasteiger partial charge in [-0.2, -0.15) is 0 Å². The zero-order valence-corrected chi connectivity index (χ0v) is 11.3. The van der Waals surface area contributed by atoms with Crippen LogP contribution in [0.25, 0.3) is 0 Å². The quantitative estimate of drug-likeness (QED) is 0.779. The zero-order valence-electron chi connectivity index (χ0n) is 9.75. The Kier molecular flexibility index (Phi) is 4.08. The molecular formula is C13H15Cl2NO. The zero-order chi connectivity index (χ0) is 12.4. The van der Waals surface area contributed by atoms with Gasteiger partial charge in [0.15, 0.2) is 5.78 Å². The van der Waals surface area contributed by atoms with E-state index in [1.165, 1.54) is 19.3 Å². The molecular weight excluding hydrogens is 257 g/mol. The van der Waals surface area contributed by atoms with Crippen LogP contribution in [0.4, 0.5) is 0 Å². The first-order valence-electron chi connectivity index (χ1n) is 5.76. The van der Waals surface area contributed by atoms with Crippen LogP contribution >= 0.6 is 23.2 Å². The van der Waals surface area contributed by atoms with Gasteiger partial charge in [-0.25, -0.2) is 0 Å². The molecule has 0 N–H and O–H groups in total. The van der Waals surface area contributed by atoms with E-state index in [9.17, 15) is 4.79 Å². The van der Waals surface area contributed by atoms with Crippen molar-refractivity contribution in [3.05, 3.63) is 33.8 Å². The first kappa shape index (κ1) is 12.9. The Morgan fingerprint density at radius 1 is 1.41 bits per heavy atom. The Bertz CT molecular complexity index is 429. The van der Waals surface area contributed by atoms with Crippen molar-refractivity contribution >= 4 is 29.0 Å². The van der Waals surface area contributed by atoms with E-state index in [0.29, 0.717) is 28.2 Å². The van der Waals surface area contributed by atoms with E-state index in [1.54, 1.807) is 18.2 Å². The number of nitrogens with zero attached hydrogens (tertiary/aromatic N) is 1. The number of hydrogen-bond acceptors (Lipinski definition) is 2. The largest absolute Gasteiger partial charge is 0.296 e. The third-order valence-electron chi connectivity index (χ3n) is 3.32. The van der Waals surface area contributed by atoms with Crippen molar-refractivity contribution in [2.45, 2.75) is 25.3 Å². The van der Waals surface area contributed by atoms with Crippen LogP contribution < -0.4 is 0 Å². The van der Waals surface area contributed by atoms with Crippen LogP contribution in [0, 0.1) is 0 Å².